The van der Waals surface area contributed by atoms with Gasteiger partial charge in [0.1, 0.15) is 0 Å². The summed E-state index contributed by atoms with van der Waals surface area (Å²) in [6.07, 6.45) is 1.99. The number of hydrogen-bond donors (Lipinski definition) is 1. The smallest absolute Gasteiger partial charge is 0.165 e. The minimum absolute atomic E-state index is 0.0262. The molecule has 0 bridgehead atoms. The standard InChI is InChI=1S/C23H26FN3O3/c1-16-5-3-4-6-21(16)27-13-18(12-26-9-10-30-15-19(26)14-28)23(25-27)17-7-8-22(29-2)20(24)11-17/h3-8,11,13,19,28H,9-10,12,14-15H2,1-2H3/t19-/m0/s1. The van der Waals surface area contributed by atoms with Crippen molar-refractivity contribution >= 4 is 0 Å². The predicted molar refractivity (Wildman–Crippen MR) is 112 cm³/mol. The van der Waals surface area contributed by atoms with Gasteiger partial charge in [-0.05, 0) is 36.8 Å². The van der Waals surface area contributed by atoms with Crippen LogP contribution in [0.25, 0.3) is 16.9 Å². The second kappa shape index (κ2) is 8.95. The van der Waals surface area contributed by atoms with Crippen LogP contribution >= 0.6 is 0 Å². The first kappa shape index (κ1) is 20.5. The maximum atomic E-state index is 14.4. The van der Waals surface area contributed by atoms with Crippen LogP contribution in [-0.4, -0.2) is 59.3 Å². The molecule has 30 heavy (non-hydrogen) atoms. The maximum absolute atomic E-state index is 14.4. The number of aliphatic hydroxyl groups excluding tert-OH is 1. The van der Waals surface area contributed by atoms with E-state index in [2.05, 4.69) is 4.90 Å². The van der Waals surface area contributed by atoms with Crippen molar-refractivity contribution < 1.29 is 19.0 Å². The number of benzene rings is 2. The number of aliphatic hydroxyl groups is 1. The van der Waals surface area contributed by atoms with E-state index in [-0.39, 0.29) is 18.4 Å². The van der Waals surface area contributed by atoms with Crippen LogP contribution in [0.15, 0.2) is 48.7 Å². The van der Waals surface area contributed by atoms with Gasteiger partial charge in [0, 0.05) is 30.4 Å². The van der Waals surface area contributed by atoms with E-state index in [9.17, 15) is 9.50 Å². The molecule has 2 heterocycles. The molecule has 0 aliphatic carbocycles. The van der Waals surface area contributed by atoms with Gasteiger partial charge in [0.15, 0.2) is 11.6 Å². The number of hydrogen-bond acceptors (Lipinski definition) is 5. The van der Waals surface area contributed by atoms with Gasteiger partial charge >= 0.3 is 0 Å². The van der Waals surface area contributed by atoms with Gasteiger partial charge in [-0.2, -0.15) is 5.10 Å². The Morgan fingerprint density at radius 3 is 2.83 bits per heavy atom. The molecule has 4 rings (SSSR count). The van der Waals surface area contributed by atoms with E-state index in [0.29, 0.717) is 31.0 Å². The van der Waals surface area contributed by atoms with E-state index in [1.165, 1.54) is 13.2 Å². The molecule has 1 atom stereocenters. The second-order valence-corrected chi connectivity index (χ2v) is 7.47. The number of aryl methyl sites for hydroxylation is 1. The van der Waals surface area contributed by atoms with Crippen LogP contribution in [0, 0.1) is 12.7 Å². The highest BCUT2D eigenvalue weighted by molar-refractivity contribution is 5.64. The van der Waals surface area contributed by atoms with E-state index in [1.54, 1.807) is 6.07 Å². The van der Waals surface area contributed by atoms with E-state index >= 15 is 0 Å². The lowest BCUT2D eigenvalue weighted by Crippen LogP contribution is -2.46. The Labute approximate surface area is 175 Å². The van der Waals surface area contributed by atoms with Crippen LogP contribution in [0.1, 0.15) is 11.1 Å². The minimum atomic E-state index is -0.425. The molecule has 0 radical (unpaired) electrons. The van der Waals surface area contributed by atoms with Gasteiger partial charge in [0.05, 0.1) is 44.4 Å². The first-order chi connectivity index (χ1) is 14.6. The molecule has 1 aliphatic rings. The average Bonchev–Trinajstić information content (AvgIpc) is 3.18. The fourth-order valence-electron chi connectivity index (χ4n) is 3.81. The summed E-state index contributed by atoms with van der Waals surface area (Å²) in [6, 6.07) is 12.8. The van der Waals surface area contributed by atoms with Gasteiger partial charge < -0.3 is 14.6 Å². The number of halogens is 1. The zero-order valence-electron chi connectivity index (χ0n) is 17.2. The molecule has 0 amide bonds. The second-order valence-electron chi connectivity index (χ2n) is 7.47. The summed E-state index contributed by atoms with van der Waals surface area (Å²) in [7, 11) is 1.45. The van der Waals surface area contributed by atoms with E-state index in [4.69, 9.17) is 14.6 Å². The molecular formula is C23H26FN3O3. The van der Waals surface area contributed by atoms with Gasteiger partial charge in [-0.3, -0.25) is 4.90 Å². The molecule has 0 unspecified atom stereocenters. The zero-order valence-corrected chi connectivity index (χ0v) is 17.2. The van der Waals surface area contributed by atoms with Crippen molar-refractivity contribution in [2.75, 3.05) is 33.5 Å². The largest absolute Gasteiger partial charge is 0.494 e. The molecule has 1 fully saturated rings. The Hall–Kier alpha value is -2.74. The van der Waals surface area contributed by atoms with Crippen LogP contribution in [-0.2, 0) is 11.3 Å². The molecule has 0 spiro atoms. The van der Waals surface area contributed by atoms with E-state index in [0.717, 1.165) is 23.4 Å². The number of para-hydroxylation sites is 1. The number of ether oxygens (including phenoxy) is 2. The van der Waals surface area contributed by atoms with Gasteiger partial charge in [0.25, 0.3) is 0 Å². The number of rotatable bonds is 6. The summed E-state index contributed by atoms with van der Waals surface area (Å²) in [4.78, 5) is 2.19. The molecular weight excluding hydrogens is 385 g/mol. The molecule has 1 aliphatic heterocycles. The minimum Gasteiger partial charge on any atom is -0.494 e. The summed E-state index contributed by atoms with van der Waals surface area (Å²) in [5.74, 6) is -0.224. The van der Waals surface area contributed by atoms with Crippen molar-refractivity contribution in [2.24, 2.45) is 0 Å². The highest BCUT2D eigenvalue weighted by Gasteiger charge is 2.25. The molecule has 1 aromatic heterocycles. The Morgan fingerprint density at radius 1 is 1.27 bits per heavy atom. The fraction of sp³-hybridized carbons (Fsp3) is 0.348. The first-order valence-electron chi connectivity index (χ1n) is 10.0. The molecule has 7 heteroatoms. The molecule has 2 aromatic carbocycles. The van der Waals surface area contributed by atoms with Crippen LogP contribution in [0.5, 0.6) is 5.75 Å². The first-order valence-corrected chi connectivity index (χ1v) is 10.0. The maximum Gasteiger partial charge on any atom is 0.165 e. The normalized spacial score (nSPS) is 17.3. The highest BCUT2D eigenvalue weighted by Crippen LogP contribution is 2.30. The molecule has 158 valence electrons. The van der Waals surface area contributed by atoms with Gasteiger partial charge in [-0.1, -0.05) is 18.2 Å². The lowest BCUT2D eigenvalue weighted by Gasteiger charge is -2.34. The predicted octanol–water partition coefficient (Wildman–Crippen LogP) is 3.19. The van der Waals surface area contributed by atoms with Crippen LogP contribution in [0.4, 0.5) is 4.39 Å². The lowest BCUT2D eigenvalue weighted by atomic mass is 10.1. The Balaban J connectivity index is 1.77. The summed E-state index contributed by atoms with van der Waals surface area (Å²) in [5, 5.41) is 14.5. The topological polar surface area (TPSA) is 59.8 Å². The van der Waals surface area contributed by atoms with Crippen molar-refractivity contribution in [3.05, 3.63) is 65.6 Å². The van der Waals surface area contributed by atoms with Crippen LogP contribution < -0.4 is 4.74 Å². The summed E-state index contributed by atoms with van der Waals surface area (Å²) in [6.45, 7) is 4.48. The van der Waals surface area contributed by atoms with Crippen molar-refractivity contribution in [1.29, 1.82) is 0 Å². The molecule has 3 aromatic rings. The molecule has 6 nitrogen and oxygen atoms in total. The SMILES string of the molecule is COc1ccc(-c2nn(-c3ccccc3C)cc2CN2CCOC[C@@H]2CO)cc1F. The summed E-state index contributed by atoms with van der Waals surface area (Å²) in [5.41, 5.74) is 4.42. The Kier molecular flexibility index (Phi) is 6.13. The van der Waals surface area contributed by atoms with E-state index in [1.807, 2.05) is 48.1 Å². The third kappa shape index (κ3) is 4.09. The van der Waals surface area contributed by atoms with Gasteiger partial charge in [-0.15, -0.1) is 0 Å². The molecule has 1 N–H and O–H groups in total. The molecule has 1 saturated heterocycles. The number of nitrogens with zero attached hydrogens (tertiary/aromatic N) is 3. The Bertz CT molecular complexity index is 1020. The van der Waals surface area contributed by atoms with E-state index < -0.39 is 5.82 Å². The lowest BCUT2D eigenvalue weighted by molar-refractivity contribution is -0.0312. The summed E-state index contributed by atoms with van der Waals surface area (Å²) < 4.78 is 26.8. The van der Waals surface area contributed by atoms with Crippen molar-refractivity contribution in [3.8, 4) is 22.7 Å². The quantitative estimate of drug-likeness (QED) is 0.675. The van der Waals surface area contributed by atoms with Gasteiger partial charge in [0.2, 0.25) is 0 Å². The number of methoxy groups -OCH3 is 1. The monoisotopic (exact) mass is 411 g/mol. The van der Waals surface area contributed by atoms with Crippen molar-refractivity contribution in [3.63, 3.8) is 0 Å². The third-order valence-electron chi connectivity index (χ3n) is 5.51. The number of aromatic nitrogens is 2. The van der Waals surface area contributed by atoms with Crippen molar-refractivity contribution in [2.45, 2.75) is 19.5 Å². The van der Waals surface area contributed by atoms with Crippen LogP contribution in [0.2, 0.25) is 0 Å². The van der Waals surface area contributed by atoms with Gasteiger partial charge in [-0.25, -0.2) is 9.07 Å². The fourth-order valence-corrected chi connectivity index (χ4v) is 3.81. The Morgan fingerprint density at radius 2 is 2.10 bits per heavy atom. The van der Waals surface area contributed by atoms with Crippen molar-refractivity contribution in [1.82, 2.24) is 14.7 Å². The third-order valence-corrected chi connectivity index (χ3v) is 5.51. The molecule has 0 saturated carbocycles. The summed E-state index contributed by atoms with van der Waals surface area (Å²) >= 11 is 0. The van der Waals surface area contributed by atoms with Crippen LogP contribution in [0.3, 0.4) is 0 Å². The highest BCUT2D eigenvalue weighted by atomic mass is 19.1. The zero-order chi connectivity index (χ0) is 21.1. The average molecular weight is 411 g/mol. The number of morpholine rings is 1.